The van der Waals surface area contributed by atoms with Gasteiger partial charge in [-0.15, -0.1) is 0 Å². The lowest BCUT2D eigenvalue weighted by molar-refractivity contribution is -0.142. The van der Waals surface area contributed by atoms with Crippen molar-refractivity contribution >= 4 is 39.7 Å². The summed E-state index contributed by atoms with van der Waals surface area (Å²) in [6.07, 6.45) is 0.695. The van der Waals surface area contributed by atoms with Crippen LogP contribution in [0.3, 0.4) is 0 Å². The van der Waals surface area contributed by atoms with E-state index in [9.17, 15) is 24.3 Å². The van der Waals surface area contributed by atoms with Crippen LogP contribution in [-0.2, 0) is 27.2 Å². The van der Waals surface area contributed by atoms with Crippen LogP contribution in [0, 0.1) is 27.7 Å². The van der Waals surface area contributed by atoms with Crippen LogP contribution >= 0.6 is 0 Å². The smallest absolute Gasteiger partial charge is 0.340 e. The minimum absolute atomic E-state index is 0.106. The third-order valence-corrected chi connectivity index (χ3v) is 7.41. The van der Waals surface area contributed by atoms with Crippen molar-refractivity contribution in [3.8, 4) is 0 Å². The molecule has 210 valence electrons. The monoisotopic (exact) mass is 546 g/mol. The second-order valence-electron chi connectivity index (χ2n) is 10.2. The zero-order chi connectivity index (χ0) is 29.1. The van der Waals surface area contributed by atoms with Gasteiger partial charge < -0.3 is 24.6 Å². The minimum Gasteiger partial charge on any atom is -0.480 e. The van der Waals surface area contributed by atoms with Gasteiger partial charge in [0.15, 0.2) is 0 Å². The van der Waals surface area contributed by atoms with Gasteiger partial charge >= 0.3 is 11.6 Å². The Kier molecular flexibility index (Phi) is 8.42. The molecule has 3 N–H and O–H groups in total. The number of carboxylic acid groups (broad SMARTS) is 1. The first-order valence-electron chi connectivity index (χ1n) is 13.3. The normalized spacial score (nSPS) is 12.8. The highest BCUT2D eigenvalue weighted by Gasteiger charge is 2.27. The van der Waals surface area contributed by atoms with Gasteiger partial charge in [-0.1, -0.05) is 43.7 Å². The number of hydrogen-bond acceptors (Lipinski definition) is 6. The zero-order valence-corrected chi connectivity index (χ0v) is 23.3. The van der Waals surface area contributed by atoms with Gasteiger partial charge in [-0.2, -0.15) is 0 Å². The Hall–Kier alpha value is -4.40. The van der Waals surface area contributed by atoms with Crippen LogP contribution in [0.15, 0.2) is 50.0 Å². The number of aryl methyl sites for hydroxylation is 4. The van der Waals surface area contributed by atoms with E-state index in [1.807, 2.05) is 39.8 Å². The number of fused-ring (bicyclic) bond motifs is 2. The molecule has 9 nitrogen and oxygen atoms in total. The van der Waals surface area contributed by atoms with Crippen molar-refractivity contribution in [3.63, 3.8) is 0 Å². The van der Waals surface area contributed by atoms with Crippen molar-refractivity contribution in [2.24, 2.45) is 0 Å². The first kappa shape index (κ1) is 28.6. The fourth-order valence-corrected chi connectivity index (χ4v) is 4.98. The maximum atomic E-state index is 13.1. The van der Waals surface area contributed by atoms with Crippen LogP contribution in [-0.4, -0.2) is 35.0 Å². The number of aliphatic carboxylic acids is 1. The van der Waals surface area contributed by atoms with E-state index in [0.29, 0.717) is 40.5 Å². The molecule has 0 unspecified atom stereocenters. The quantitative estimate of drug-likeness (QED) is 0.250. The van der Waals surface area contributed by atoms with Gasteiger partial charge in [0.05, 0.1) is 12.0 Å². The Morgan fingerprint density at radius 1 is 0.875 bits per heavy atom. The van der Waals surface area contributed by atoms with Crippen molar-refractivity contribution in [3.05, 3.63) is 80.4 Å². The molecule has 2 aromatic carbocycles. The number of carbonyl (C=O) groups excluding carboxylic acids is 2. The molecular formula is C31H34N2O7. The molecule has 0 spiro atoms. The van der Waals surface area contributed by atoms with E-state index in [2.05, 4.69) is 10.6 Å². The van der Waals surface area contributed by atoms with E-state index in [1.54, 1.807) is 31.2 Å². The van der Waals surface area contributed by atoms with Crippen molar-refractivity contribution in [2.45, 2.75) is 72.4 Å². The lowest BCUT2D eigenvalue weighted by Gasteiger charge is -2.21. The lowest BCUT2D eigenvalue weighted by atomic mass is 9.98. The fraction of sp³-hybridized carbons (Fsp3) is 0.355. The van der Waals surface area contributed by atoms with E-state index in [1.165, 1.54) is 0 Å². The Bertz CT molecular complexity index is 1650. The highest BCUT2D eigenvalue weighted by atomic mass is 16.4. The number of carbonyl (C=O) groups is 3. The van der Waals surface area contributed by atoms with E-state index in [-0.39, 0.29) is 18.4 Å². The number of rotatable bonds is 10. The standard InChI is InChI=1S/C31H34N2O7/c1-6-10-24(29(35)33-25(30(36)37)13-20-11-8-7-9-12-20)32-26(34)15-23-17(3)22-14-21-16(2)19(5)39-27(21)18(4)28(22)40-31(23)38/h7-9,11-12,14,24-25H,6,10,13,15H2,1-5H3,(H,32,34)(H,33,35)(H,36,37)/t24-,25+/m1/s1. The van der Waals surface area contributed by atoms with Crippen LogP contribution in [0.25, 0.3) is 21.9 Å². The molecule has 40 heavy (non-hydrogen) atoms. The van der Waals surface area contributed by atoms with E-state index in [4.69, 9.17) is 8.83 Å². The number of benzene rings is 2. The Labute approximate surface area is 231 Å². The van der Waals surface area contributed by atoms with Crippen molar-refractivity contribution in [1.82, 2.24) is 10.6 Å². The molecule has 0 bridgehead atoms. The predicted molar refractivity (Wildman–Crippen MR) is 151 cm³/mol. The summed E-state index contributed by atoms with van der Waals surface area (Å²) < 4.78 is 11.5. The van der Waals surface area contributed by atoms with E-state index in [0.717, 1.165) is 22.3 Å². The molecule has 2 heterocycles. The molecule has 0 fully saturated rings. The molecule has 0 saturated heterocycles. The van der Waals surface area contributed by atoms with Gasteiger partial charge in [-0.25, -0.2) is 9.59 Å². The maximum Gasteiger partial charge on any atom is 0.340 e. The first-order chi connectivity index (χ1) is 19.0. The summed E-state index contributed by atoms with van der Waals surface area (Å²) in [5, 5.41) is 16.5. The molecule has 0 aliphatic heterocycles. The molecule has 0 saturated carbocycles. The second kappa shape index (κ2) is 11.8. The molecule has 4 aromatic rings. The van der Waals surface area contributed by atoms with Gasteiger partial charge in [0, 0.05) is 22.8 Å². The van der Waals surface area contributed by atoms with Crippen LogP contribution in [0.4, 0.5) is 0 Å². The largest absolute Gasteiger partial charge is 0.480 e. The average Bonchev–Trinajstić information content (AvgIpc) is 3.20. The summed E-state index contributed by atoms with van der Waals surface area (Å²) in [7, 11) is 0. The van der Waals surface area contributed by atoms with E-state index < -0.39 is 35.5 Å². The van der Waals surface area contributed by atoms with Crippen LogP contribution in [0.2, 0.25) is 0 Å². The summed E-state index contributed by atoms with van der Waals surface area (Å²) >= 11 is 0. The Morgan fingerprint density at radius 3 is 2.17 bits per heavy atom. The Morgan fingerprint density at radius 2 is 1.52 bits per heavy atom. The van der Waals surface area contributed by atoms with Gasteiger partial charge in [0.2, 0.25) is 11.8 Å². The topological polar surface area (TPSA) is 139 Å². The molecule has 0 radical (unpaired) electrons. The second-order valence-corrected chi connectivity index (χ2v) is 10.2. The molecule has 2 amide bonds. The van der Waals surface area contributed by atoms with Crippen molar-refractivity contribution in [2.75, 3.05) is 0 Å². The van der Waals surface area contributed by atoms with Crippen LogP contribution in [0.1, 0.15) is 53.3 Å². The van der Waals surface area contributed by atoms with Gasteiger partial charge in [-0.05, 0) is 56.9 Å². The average molecular weight is 547 g/mol. The molecular weight excluding hydrogens is 512 g/mol. The molecule has 2 atom stereocenters. The molecule has 0 aliphatic carbocycles. The van der Waals surface area contributed by atoms with Crippen molar-refractivity contribution < 1.29 is 28.3 Å². The molecule has 4 rings (SSSR count). The van der Waals surface area contributed by atoms with E-state index >= 15 is 0 Å². The van der Waals surface area contributed by atoms with Gasteiger partial charge in [0.1, 0.15) is 29.0 Å². The number of hydrogen-bond donors (Lipinski definition) is 3. The summed E-state index contributed by atoms with van der Waals surface area (Å²) in [6, 6.07) is 8.78. The van der Waals surface area contributed by atoms with Crippen LogP contribution in [0.5, 0.6) is 0 Å². The summed E-state index contributed by atoms with van der Waals surface area (Å²) in [5.74, 6) is -1.52. The number of amides is 2. The summed E-state index contributed by atoms with van der Waals surface area (Å²) in [5.41, 5.74) is 3.73. The first-order valence-corrected chi connectivity index (χ1v) is 13.3. The van der Waals surface area contributed by atoms with Gasteiger partial charge in [-0.3, -0.25) is 9.59 Å². The highest BCUT2D eigenvalue weighted by Crippen LogP contribution is 2.34. The number of furan rings is 1. The maximum absolute atomic E-state index is 13.1. The van der Waals surface area contributed by atoms with Crippen LogP contribution < -0.4 is 16.3 Å². The Balaban J connectivity index is 1.55. The third kappa shape index (κ3) is 5.78. The lowest BCUT2D eigenvalue weighted by Crippen LogP contribution is -2.52. The predicted octanol–water partition coefficient (Wildman–Crippen LogP) is 4.41. The summed E-state index contributed by atoms with van der Waals surface area (Å²) in [4.78, 5) is 50.9. The fourth-order valence-electron chi connectivity index (χ4n) is 4.98. The number of nitrogens with one attached hydrogen (secondary N) is 2. The van der Waals surface area contributed by atoms with Gasteiger partial charge in [0.25, 0.3) is 0 Å². The molecule has 9 heteroatoms. The summed E-state index contributed by atoms with van der Waals surface area (Å²) in [6.45, 7) is 9.30. The van der Waals surface area contributed by atoms with Crippen molar-refractivity contribution in [1.29, 1.82) is 0 Å². The zero-order valence-electron chi connectivity index (χ0n) is 23.3. The third-order valence-electron chi connectivity index (χ3n) is 7.41. The minimum atomic E-state index is -1.17. The SMILES string of the molecule is CCC[C@@H](NC(=O)Cc1c(C)c2cc3c(C)c(C)oc3c(C)c2oc1=O)C(=O)N[C@@H](Cc1ccccc1)C(=O)O. The highest BCUT2D eigenvalue weighted by molar-refractivity contribution is 6.00. The molecule has 2 aromatic heterocycles. The molecule has 0 aliphatic rings. The number of carboxylic acids is 1.